The highest BCUT2D eigenvalue weighted by Crippen LogP contribution is 2.42. The van der Waals surface area contributed by atoms with Gasteiger partial charge in [-0.05, 0) is 112 Å². The molecule has 1 amide bonds. The Labute approximate surface area is 316 Å². The molecule has 12 nitrogen and oxygen atoms in total. The van der Waals surface area contributed by atoms with E-state index in [2.05, 4.69) is 15.0 Å². The summed E-state index contributed by atoms with van der Waals surface area (Å²) in [6.07, 6.45) is 3.74. The van der Waals surface area contributed by atoms with Gasteiger partial charge in [-0.15, -0.1) is 0 Å². The summed E-state index contributed by atoms with van der Waals surface area (Å²) in [5.74, 6) is -1.70. The van der Waals surface area contributed by atoms with Gasteiger partial charge < -0.3 is 25.5 Å². The number of guanidine groups is 1. The lowest BCUT2D eigenvalue weighted by molar-refractivity contribution is -0.139. The van der Waals surface area contributed by atoms with E-state index in [0.29, 0.717) is 30.5 Å². The molecular weight excluding hydrogens is 707 g/mol. The number of hydrogen-bond acceptors (Lipinski definition) is 7. The number of amides is 1. The first-order chi connectivity index (χ1) is 25.6. The van der Waals surface area contributed by atoms with Crippen molar-refractivity contribution in [3.63, 3.8) is 0 Å². The van der Waals surface area contributed by atoms with Gasteiger partial charge in [0.1, 0.15) is 23.0 Å². The van der Waals surface area contributed by atoms with Crippen LogP contribution in [0.5, 0.6) is 5.75 Å². The number of aliphatic imine (C=N–C) groups is 1. The molecule has 13 heteroatoms. The third kappa shape index (κ3) is 9.19. The Morgan fingerprint density at radius 2 is 1.57 bits per heavy atom. The molecule has 286 valence electrons. The number of nitrogens with zero attached hydrogens (tertiary/aromatic N) is 2. The number of ether oxygens (including phenoxy) is 1. The maximum Gasteiger partial charge on any atom is 0.326 e. The fourth-order valence-corrected chi connectivity index (χ4v) is 8.54. The van der Waals surface area contributed by atoms with E-state index in [1.807, 2.05) is 81.4 Å². The summed E-state index contributed by atoms with van der Waals surface area (Å²) in [7, 11) is -4.11. The minimum Gasteiger partial charge on any atom is -0.487 e. The number of benzene rings is 3. The van der Waals surface area contributed by atoms with E-state index < -0.39 is 33.5 Å². The van der Waals surface area contributed by atoms with Gasteiger partial charge in [-0.2, -0.15) is 0 Å². The average molecular weight is 756 g/mol. The first-order valence-corrected chi connectivity index (χ1v) is 19.6. The van der Waals surface area contributed by atoms with Crippen LogP contribution in [0, 0.1) is 20.8 Å². The van der Waals surface area contributed by atoms with Crippen LogP contribution >= 0.6 is 0 Å². The van der Waals surface area contributed by atoms with E-state index in [1.165, 1.54) is 10.6 Å². The van der Waals surface area contributed by atoms with Crippen LogP contribution in [0.15, 0.2) is 93.7 Å². The highest BCUT2D eigenvalue weighted by atomic mass is 32.2. The molecule has 1 atom stereocenters. The number of carboxylic acid groups (broad SMARTS) is 1. The Morgan fingerprint density at radius 3 is 2.19 bits per heavy atom. The fourth-order valence-electron chi connectivity index (χ4n) is 7.01. The maximum atomic E-state index is 13.5. The molecule has 0 saturated heterocycles. The van der Waals surface area contributed by atoms with E-state index in [0.717, 1.165) is 34.4 Å². The molecule has 0 bridgehead atoms. The number of nitrogens with one attached hydrogen (secondary N) is 2. The smallest absolute Gasteiger partial charge is 0.326 e. The molecule has 0 radical (unpaired) electrons. The van der Waals surface area contributed by atoms with E-state index in [-0.39, 0.29) is 47.3 Å². The minimum absolute atomic E-state index is 0.0136. The second kappa shape index (κ2) is 16.7. The van der Waals surface area contributed by atoms with Gasteiger partial charge in [0.25, 0.3) is 21.5 Å². The number of nitrogens with two attached hydrogens (primary N) is 1. The minimum atomic E-state index is -4.11. The van der Waals surface area contributed by atoms with Crippen molar-refractivity contribution >= 4 is 27.9 Å². The number of aliphatic carboxylic acids is 1. The number of aromatic nitrogens is 1. The second-order valence-electron chi connectivity index (χ2n) is 14.3. The van der Waals surface area contributed by atoms with Crippen LogP contribution < -0.4 is 26.1 Å². The highest BCUT2D eigenvalue weighted by Gasteiger charge is 2.34. The van der Waals surface area contributed by atoms with Gasteiger partial charge in [-0.1, -0.05) is 60.7 Å². The molecule has 3 aromatic carbocycles. The molecule has 0 aliphatic carbocycles. The normalized spacial score (nSPS) is 14.5. The number of carboxylic acids is 1. The zero-order valence-electron chi connectivity index (χ0n) is 31.4. The molecule has 0 saturated carbocycles. The summed E-state index contributed by atoms with van der Waals surface area (Å²) in [5, 5.41) is 12.3. The van der Waals surface area contributed by atoms with Crippen LogP contribution in [0.2, 0.25) is 0 Å². The molecule has 5 rings (SSSR count). The topological polar surface area (TPSA) is 182 Å². The Bertz CT molecular complexity index is 2160. The van der Waals surface area contributed by atoms with Crippen molar-refractivity contribution in [2.24, 2.45) is 10.7 Å². The third-order valence-corrected chi connectivity index (χ3v) is 11.7. The summed E-state index contributed by atoms with van der Waals surface area (Å²) in [6.45, 7) is 9.66. The largest absolute Gasteiger partial charge is 0.487 e. The molecule has 0 fully saturated rings. The number of sulfonamides is 1. The first kappa shape index (κ1) is 39.8. The van der Waals surface area contributed by atoms with Gasteiger partial charge >= 0.3 is 5.97 Å². The number of fused-ring (bicyclic) bond motifs is 1. The van der Waals surface area contributed by atoms with Crippen LogP contribution in [0.3, 0.4) is 0 Å². The number of pyridine rings is 1. The molecule has 1 aromatic heterocycles. The van der Waals surface area contributed by atoms with E-state index in [9.17, 15) is 27.9 Å². The van der Waals surface area contributed by atoms with Crippen molar-refractivity contribution in [1.29, 1.82) is 0 Å². The quantitative estimate of drug-likeness (QED) is 0.0754. The van der Waals surface area contributed by atoms with E-state index in [1.54, 1.807) is 26.1 Å². The van der Waals surface area contributed by atoms with Gasteiger partial charge in [0.15, 0.2) is 0 Å². The van der Waals surface area contributed by atoms with Crippen molar-refractivity contribution in [2.45, 2.75) is 95.7 Å². The Morgan fingerprint density at radius 1 is 0.944 bits per heavy atom. The van der Waals surface area contributed by atoms with Crippen molar-refractivity contribution in [3.8, 4) is 5.75 Å². The lowest BCUT2D eigenvalue weighted by Crippen LogP contribution is -2.43. The summed E-state index contributed by atoms with van der Waals surface area (Å²) >= 11 is 0. The zero-order chi connectivity index (χ0) is 39.2. The Kier molecular flexibility index (Phi) is 12.3. The molecule has 5 N–H and O–H groups in total. The van der Waals surface area contributed by atoms with Crippen molar-refractivity contribution in [1.82, 2.24) is 14.6 Å². The molecular formula is C41H49N5O7S. The van der Waals surface area contributed by atoms with Crippen LogP contribution in [-0.2, 0) is 27.8 Å². The third-order valence-electron chi connectivity index (χ3n) is 10.0. The Hall–Kier alpha value is -5.43. The van der Waals surface area contributed by atoms with Gasteiger partial charge in [0.2, 0.25) is 5.96 Å². The standard InChI is InChI=1S/C41H49N5O7S/c1-26-27(2)36(28(3)31-20-22-41(4,5)53-35(26)31)54(51,52)45-40(42)43-23-12-19-34(39(49)50)44-37(47)33-18-13-24-46(38(33)48)25-21-32(29-14-8-6-9-15-29)30-16-10-7-11-17-30/h6-11,13-18,24,32,34H,12,19-23,25H2,1-5H3,(H,44,47)(H,49,50)(H3,42,43,45)/t34-/m0/s1. The average Bonchev–Trinajstić information content (AvgIpc) is 3.12. The molecule has 1 aliphatic heterocycles. The molecule has 0 unspecified atom stereocenters. The van der Waals surface area contributed by atoms with Gasteiger partial charge in [0, 0.05) is 25.2 Å². The van der Waals surface area contributed by atoms with Crippen LogP contribution in [0.1, 0.15) is 89.2 Å². The van der Waals surface area contributed by atoms with Crippen molar-refractivity contribution in [3.05, 3.63) is 128 Å². The molecule has 4 aromatic rings. The van der Waals surface area contributed by atoms with Crippen LogP contribution in [0.25, 0.3) is 0 Å². The number of rotatable bonds is 14. The van der Waals surface area contributed by atoms with Crippen molar-refractivity contribution in [2.75, 3.05) is 6.54 Å². The predicted molar refractivity (Wildman–Crippen MR) is 209 cm³/mol. The monoisotopic (exact) mass is 755 g/mol. The lowest BCUT2D eigenvalue weighted by Gasteiger charge is -2.35. The summed E-state index contributed by atoms with van der Waals surface area (Å²) in [4.78, 5) is 43.0. The lowest BCUT2D eigenvalue weighted by atomic mass is 9.88. The highest BCUT2D eigenvalue weighted by molar-refractivity contribution is 7.90. The number of aryl methyl sites for hydroxylation is 1. The SMILES string of the molecule is Cc1c(C)c(S(=O)(=O)NC(N)=NCCC[C@H](NC(=O)c2cccn(CCC(c3ccccc3)c3ccccc3)c2=O)C(=O)O)c(C)c2c1OC(C)(C)CC2. The summed E-state index contributed by atoms with van der Waals surface area (Å²) in [6, 6.07) is 21.6. The predicted octanol–water partition coefficient (Wildman–Crippen LogP) is 5.36. The molecule has 2 heterocycles. The van der Waals surface area contributed by atoms with Crippen LogP contribution in [0.4, 0.5) is 0 Å². The first-order valence-electron chi connectivity index (χ1n) is 18.1. The van der Waals surface area contributed by atoms with Gasteiger partial charge in [-0.3, -0.25) is 14.6 Å². The van der Waals surface area contributed by atoms with E-state index >= 15 is 0 Å². The molecule has 1 aliphatic rings. The second-order valence-corrected chi connectivity index (χ2v) is 16.0. The number of hydrogen-bond donors (Lipinski definition) is 4. The number of carbonyl (C=O) groups excluding carboxylic acids is 1. The van der Waals surface area contributed by atoms with E-state index in [4.69, 9.17) is 10.5 Å². The van der Waals surface area contributed by atoms with Gasteiger partial charge in [-0.25, -0.2) is 17.9 Å². The van der Waals surface area contributed by atoms with Crippen LogP contribution in [-0.4, -0.2) is 54.1 Å². The summed E-state index contributed by atoms with van der Waals surface area (Å²) in [5.41, 5.74) is 9.90. The zero-order valence-corrected chi connectivity index (χ0v) is 32.2. The summed E-state index contributed by atoms with van der Waals surface area (Å²) < 4.78 is 37.1. The molecule has 54 heavy (non-hydrogen) atoms. The van der Waals surface area contributed by atoms with Gasteiger partial charge in [0.05, 0.1) is 4.90 Å². The number of carbonyl (C=O) groups is 2. The van der Waals surface area contributed by atoms with Crippen molar-refractivity contribution < 1.29 is 27.9 Å². The molecule has 0 spiro atoms. The fraction of sp³-hybridized carbons (Fsp3) is 0.366. The maximum absolute atomic E-state index is 13.5. The Balaban J connectivity index is 1.20.